The molecule has 1 aliphatic carbocycles. The Morgan fingerprint density at radius 1 is 1.14 bits per heavy atom. The molecule has 1 fully saturated rings. The molecule has 0 spiro atoms. The van der Waals surface area contributed by atoms with Gasteiger partial charge in [-0.2, -0.15) is 0 Å². The molecule has 1 heteroatoms. The molecular weight excluding hydrogens is 192 g/mol. The van der Waals surface area contributed by atoms with E-state index < -0.39 is 0 Å². The molecule has 0 N–H and O–H groups in total. The van der Waals surface area contributed by atoms with E-state index >= 15 is 0 Å². The Morgan fingerprint density at radius 3 is 2.29 bits per heavy atom. The maximum absolute atomic E-state index is 6.60. The molecule has 84 valence electrons. The lowest BCUT2D eigenvalue weighted by atomic mass is 9.80. The molecule has 0 aromatic carbocycles. The van der Waals surface area contributed by atoms with Crippen molar-refractivity contribution in [3.8, 4) is 0 Å². The molecule has 0 radical (unpaired) electrons. The van der Waals surface area contributed by atoms with Crippen LogP contribution in [-0.4, -0.2) is 5.38 Å². The SMILES string of the molecule is CCCC(CC)C(Cl)C1CCCCC1. The van der Waals surface area contributed by atoms with Crippen LogP contribution in [0.5, 0.6) is 0 Å². The van der Waals surface area contributed by atoms with Gasteiger partial charge < -0.3 is 0 Å². The van der Waals surface area contributed by atoms with Gasteiger partial charge in [0.15, 0.2) is 0 Å². The smallest absolute Gasteiger partial charge is 0.0392 e. The van der Waals surface area contributed by atoms with Gasteiger partial charge in [-0.15, -0.1) is 11.6 Å². The van der Waals surface area contributed by atoms with E-state index in [2.05, 4.69) is 13.8 Å². The lowest BCUT2D eigenvalue weighted by molar-refractivity contribution is 0.280. The molecular formula is C13H25Cl. The van der Waals surface area contributed by atoms with Crippen molar-refractivity contribution >= 4 is 11.6 Å². The Balaban J connectivity index is 2.38. The molecule has 0 bridgehead atoms. The van der Waals surface area contributed by atoms with Crippen LogP contribution in [0.25, 0.3) is 0 Å². The van der Waals surface area contributed by atoms with Crippen LogP contribution < -0.4 is 0 Å². The highest BCUT2D eigenvalue weighted by Crippen LogP contribution is 2.35. The van der Waals surface area contributed by atoms with Crippen molar-refractivity contribution in [2.75, 3.05) is 0 Å². The molecule has 1 saturated carbocycles. The highest BCUT2D eigenvalue weighted by Gasteiger charge is 2.27. The van der Waals surface area contributed by atoms with Gasteiger partial charge >= 0.3 is 0 Å². The molecule has 0 aliphatic heterocycles. The third-order valence-electron chi connectivity index (χ3n) is 3.73. The molecule has 2 atom stereocenters. The van der Waals surface area contributed by atoms with Crippen LogP contribution >= 0.6 is 11.6 Å². The Bertz CT molecular complexity index is 133. The van der Waals surface area contributed by atoms with Gasteiger partial charge in [-0.25, -0.2) is 0 Å². The number of hydrogen-bond acceptors (Lipinski definition) is 0. The first kappa shape index (κ1) is 12.4. The molecule has 1 rings (SSSR count). The van der Waals surface area contributed by atoms with Crippen LogP contribution in [0.3, 0.4) is 0 Å². The van der Waals surface area contributed by atoms with Gasteiger partial charge in [-0.3, -0.25) is 0 Å². The number of halogens is 1. The van der Waals surface area contributed by atoms with Crippen LogP contribution in [0, 0.1) is 11.8 Å². The highest BCUT2D eigenvalue weighted by molar-refractivity contribution is 6.21. The maximum Gasteiger partial charge on any atom is 0.0392 e. The molecule has 0 nitrogen and oxygen atoms in total. The minimum Gasteiger partial charge on any atom is -0.122 e. The monoisotopic (exact) mass is 216 g/mol. The number of rotatable bonds is 5. The van der Waals surface area contributed by atoms with Crippen molar-refractivity contribution in [3.63, 3.8) is 0 Å². The van der Waals surface area contributed by atoms with E-state index in [0.29, 0.717) is 5.38 Å². The maximum atomic E-state index is 6.60. The zero-order chi connectivity index (χ0) is 10.4. The number of alkyl halides is 1. The Kier molecular flexibility index (Phi) is 5.93. The van der Waals surface area contributed by atoms with Gasteiger partial charge in [0.25, 0.3) is 0 Å². The van der Waals surface area contributed by atoms with Gasteiger partial charge in [-0.1, -0.05) is 46.0 Å². The van der Waals surface area contributed by atoms with Gasteiger partial charge in [-0.05, 0) is 31.1 Å². The molecule has 1 aliphatic rings. The normalized spacial score (nSPS) is 23.4. The van der Waals surface area contributed by atoms with Crippen LogP contribution in [0.15, 0.2) is 0 Å². The van der Waals surface area contributed by atoms with Gasteiger partial charge in [0.2, 0.25) is 0 Å². The zero-order valence-corrected chi connectivity index (χ0v) is 10.5. The van der Waals surface area contributed by atoms with Crippen molar-refractivity contribution in [2.24, 2.45) is 11.8 Å². The molecule has 2 unspecified atom stereocenters. The predicted octanol–water partition coefficient (Wildman–Crippen LogP) is 5.00. The quantitative estimate of drug-likeness (QED) is 0.568. The van der Waals surface area contributed by atoms with Crippen LogP contribution in [0.2, 0.25) is 0 Å². The van der Waals surface area contributed by atoms with Crippen molar-refractivity contribution in [2.45, 2.75) is 70.6 Å². The van der Waals surface area contributed by atoms with E-state index in [9.17, 15) is 0 Å². The molecule has 14 heavy (non-hydrogen) atoms. The first-order valence-electron chi connectivity index (χ1n) is 6.43. The Labute approximate surface area is 94.4 Å². The number of hydrogen-bond donors (Lipinski definition) is 0. The standard InChI is InChI=1S/C13H25Cl/c1-3-8-11(4-2)13(14)12-9-6-5-7-10-12/h11-13H,3-10H2,1-2H3. The summed E-state index contributed by atoms with van der Waals surface area (Å²) in [5.41, 5.74) is 0. The fraction of sp³-hybridized carbons (Fsp3) is 1.00. The molecule has 0 heterocycles. The predicted molar refractivity (Wildman–Crippen MR) is 64.9 cm³/mol. The second-order valence-electron chi connectivity index (χ2n) is 4.80. The van der Waals surface area contributed by atoms with E-state index in [1.54, 1.807) is 0 Å². The average Bonchev–Trinajstić information content (AvgIpc) is 2.26. The fourth-order valence-corrected chi connectivity index (χ4v) is 3.35. The van der Waals surface area contributed by atoms with Crippen molar-refractivity contribution in [3.05, 3.63) is 0 Å². The van der Waals surface area contributed by atoms with Gasteiger partial charge in [0.1, 0.15) is 0 Å². The second kappa shape index (κ2) is 6.71. The van der Waals surface area contributed by atoms with Crippen LogP contribution in [0.4, 0.5) is 0 Å². The minimum absolute atomic E-state index is 0.459. The third-order valence-corrected chi connectivity index (χ3v) is 4.45. The molecule has 0 saturated heterocycles. The summed E-state index contributed by atoms with van der Waals surface area (Å²) in [4.78, 5) is 0. The summed E-state index contributed by atoms with van der Waals surface area (Å²) in [6, 6.07) is 0. The van der Waals surface area contributed by atoms with E-state index in [0.717, 1.165) is 11.8 Å². The average molecular weight is 217 g/mol. The summed E-state index contributed by atoms with van der Waals surface area (Å²) < 4.78 is 0. The summed E-state index contributed by atoms with van der Waals surface area (Å²) in [6.07, 6.45) is 10.9. The first-order valence-corrected chi connectivity index (χ1v) is 6.87. The largest absolute Gasteiger partial charge is 0.122 e. The Morgan fingerprint density at radius 2 is 1.79 bits per heavy atom. The van der Waals surface area contributed by atoms with Crippen LogP contribution in [-0.2, 0) is 0 Å². The van der Waals surface area contributed by atoms with E-state index in [1.807, 2.05) is 0 Å². The summed E-state index contributed by atoms with van der Waals surface area (Å²) >= 11 is 6.60. The molecule has 0 aromatic rings. The van der Waals surface area contributed by atoms with Crippen molar-refractivity contribution in [1.82, 2.24) is 0 Å². The summed E-state index contributed by atoms with van der Waals surface area (Å²) in [5.74, 6) is 1.59. The molecule has 0 amide bonds. The minimum atomic E-state index is 0.459. The summed E-state index contributed by atoms with van der Waals surface area (Å²) in [5, 5.41) is 0.459. The van der Waals surface area contributed by atoms with E-state index in [1.165, 1.54) is 51.4 Å². The van der Waals surface area contributed by atoms with Crippen molar-refractivity contribution < 1.29 is 0 Å². The lowest BCUT2D eigenvalue weighted by Crippen LogP contribution is -2.25. The fourth-order valence-electron chi connectivity index (χ4n) is 2.80. The van der Waals surface area contributed by atoms with Crippen LogP contribution in [0.1, 0.15) is 65.2 Å². The first-order chi connectivity index (χ1) is 6.79. The van der Waals surface area contributed by atoms with E-state index in [4.69, 9.17) is 11.6 Å². The summed E-state index contributed by atoms with van der Waals surface area (Å²) in [6.45, 7) is 4.56. The zero-order valence-electron chi connectivity index (χ0n) is 9.77. The van der Waals surface area contributed by atoms with Crippen molar-refractivity contribution in [1.29, 1.82) is 0 Å². The second-order valence-corrected chi connectivity index (χ2v) is 5.30. The highest BCUT2D eigenvalue weighted by atomic mass is 35.5. The van der Waals surface area contributed by atoms with E-state index in [-0.39, 0.29) is 0 Å². The third kappa shape index (κ3) is 3.46. The Hall–Kier alpha value is 0.290. The van der Waals surface area contributed by atoms with Gasteiger partial charge in [0.05, 0.1) is 0 Å². The van der Waals surface area contributed by atoms with Gasteiger partial charge in [0, 0.05) is 5.38 Å². The lowest BCUT2D eigenvalue weighted by Gasteiger charge is -2.31. The topological polar surface area (TPSA) is 0 Å². The summed E-state index contributed by atoms with van der Waals surface area (Å²) in [7, 11) is 0. The molecule has 0 aromatic heterocycles.